The highest BCUT2D eigenvalue weighted by Gasteiger charge is 2.25. The molecule has 1 aliphatic heterocycles. The van der Waals surface area contributed by atoms with Crippen LogP contribution in [0.5, 0.6) is 5.75 Å². The lowest BCUT2D eigenvalue weighted by molar-refractivity contribution is -0.115. The predicted octanol–water partition coefficient (Wildman–Crippen LogP) is 4.58. The highest BCUT2D eigenvalue weighted by Crippen LogP contribution is 2.27. The Morgan fingerprint density at radius 3 is 2.71 bits per heavy atom. The summed E-state index contributed by atoms with van der Waals surface area (Å²) in [6.45, 7) is 1.87. The molecule has 3 aromatic rings. The molecule has 0 saturated carbocycles. The van der Waals surface area contributed by atoms with Gasteiger partial charge in [-0.3, -0.25) is 14.9 Å². The lowest BCUT2D eigenvalue weighted by Crippen LogP contribution is -2.17. The summed E-state index contributed by atoms with van der Waals surface area (Å²) in [7, 11) is 1.57. The molecule has 1 saturated heterocycles. The molecule has 2 heterocycles. The Kier molecular flexibility index (Phi) is 5.92. The molecule has 0 bridgehead atoms. The quantitative estimate of drug-likeness (QED) is 0.482. The van der Waals surface area contributed by atoms with Crippen LogP contribution in [0, 0.1) is 18.8 Å². The highest BCUT2D eigenvalue weighted by atomic mass is 32.2. The van der Waals surface area contributed by atoms with Gasteiger partial charge in [0.25, 0.3) is 11.1 Å². The summed E-state index contributed by atoms with van der Waals surface area (Å²) in [6.07, 6.45) is 2.08. The van der Waals surface area contributed by atoms with E-state index in [0.717, 1.165) is 34.3 Å². The second-order valence-corrected chi connectivity index (χ2v) is 7.69. The van der Waals surface area contributed by atoms with Crippen LogP contribution in [0.25, 0.3) is 17.5 Å². The Morgan fingerprint density at radius 2 is 2.00 bits per heavy atom. The first-order valence-electron chi connectivity index (χ1n) is 9.47. The molecule has 1 aliphatic rings. The van der Waals surface area contributed by atoms with E-state index in [9.17, 15) is 9.59 Å². The predicted molar refractivity (Wildman–Crippen MR) is 119 cm³/mol. The van der Waals surface area contributed by atoms with Crippen LogP contribution in [0.15, 0.2) is 57.9 Å². The van der Waals surface area contributed by atoms with E-state index < -0.39 is 5.91 Å². The van der Waals surface area contributed by atoms with Gasteiger partial charge in [0.05, 0.1) is 29.7 Å². The third-order valence-electron chi connectivity index (χ3n) is 4.56. The van der Waals surface area contributed by atoms with E-state index in [2.05, 4.69) is 22.1 Å². The first-order chi connectivity index (χ1) is 15.0. The number of nitrogens with one attached hydrogen (secondary N) is 1. The summed E-state index contributed by atoms with van der Waals surface area (Å²) in [5.74, 6) is 7.77. The maximum absolute atomic E-state index is 11.8. The molecule has 1 N–H and O–H groups in total. The van der Waals surface area contributed by atoms with Gasteiger partial charge in [0.1, 0.15) is 11.5 Å². The molecule has 0 atom stereocenters. The minimum atomic E-state index is -0.394. The average Bonchev–Trinajstić information content (AvgIpc) is 3.30. The van der Waals surface area contributed by atoms with Crippen molar-refractivity contribution in [3.8, 4) is 29.0 Å². The number of aromatic nitrogens is 1. The van der Waals surface area contributed by atoms with Gasteiger partial charge in [-0.15, -0.1) is 0 Å². The number of thioether (sulfide) groups is 1. The molecule has 4 rings (SSSR count). The van der Waals surface area contributed by atoms with Crippen LogP contribution >= 0.6 is 11.8 Å². The number of rotatable bonds is 4. The minimum absolute atomic E-state index is 0.348. The highest BCUT2D eigenvalue weighted by molar-refractivity contribution is 8.18. The summed E-state index contributed by atoms with van der Waals surface area (Å²) >= 11 is 0.877. The van der Waals surface area contributed by atoms with Gasteiger partial charge in [-0.25, -0.2) is 4.98 Å². The molecule has 0 aliphatic carbocycles. The lowest BCUT2D eigenvalue weighted by atomic mass is 10.1. The van der Waals surface area contributed by atoms with E-state index in [1.807, 2.05) is 49.4 Å². The summed E-state index contributed by atoms with van der Waals surface area (Å²) in [6, 6.07) is 15.1. The molecule has 154 valence electrons. The van der Waals surface area contributed by atoms with Gasteiger partial charge in [-0.1, -0.05) is 36.1 Å². The summed E-state index contributed by atoms with van der Waals surface area (Å²) in [5.41, 5.74) is 3.12. The Labute approximate surface area is 183 Å². The second kappa shape index (κ2) is 8.94. The zero-order chi connectivity index (χ0) is 21.8. The maximum atomic E-state index is 11.8. The van der Waals surface area contributed by atoms with Crippen molar-refractivity contribution >= 4 is 29.0 Å². The van der Waals surface area contributed by atoms with Crippen molar-refractivity contribution < 1.29 is 18.7 Å². The lowest BCUT2D eigenvalue weighted by Gasteiger charge is -2.04. The molecule has 1 aromatic heterocycles. The van der Waals surface area contributed by atoms with E-state index in [1.165, 1.54) is 0 Å². The Morgan fingerprint density at radius 1 is 1.19 bits per heavy atom. The van der Waals surface area contributed by atoms with Crippen LogP contribution in [0.3, 0.4) is 0 Å². The van der Waals surface area contributed by atoms with Gasteiger partial charge in [0.15, 0.2) is 0 Å². The van der Waals surface area contributed by atoms with Gasteiger partial charge in [-0.2, -0.15) is 0 Å². The van der Waals surface area contributed by atoms with Gasteiger partial charge >= 0.3 is 0 Å². The van der Waals surface area contributed by atoms with Crippen LogP contribution in [0.2, 0.25) is 0 Å². The van der Waals surface area contributed by atoms with E-state index in [-0.39, 0.29) is 5.24 Å². The van der Waals surface area contributed by atoms with Crippen LogP contribution in [-0.2, 0) is 11.2 Å². The SMILES string of the molecule is COc1ccc(/C=C2/SC(=O)NC2=O)cc1C#CCc1nc(-c2ccccc2)oc1C. The molecular formula is C24H18N2O4S. The normalized spacial score (nSPS) is 14.3. The number of ether oxygens (including phenoxy) is 1. The molecule has 2 amide bonds. The first kappa shape index (κ1) is 20.5. The number of carbonyl (C=O) groups is 2. The molecule has 0 radical (unpaired) electrons. The summed E-state index contributed by atoms with van der Waals surface area (Å²) in [5, 5.41) is 1.87. The third-order valence-corrected chi connectivity index (χ3v) is 5.37. The fourth-order valence-electron chi connectivity index (χ4n) is 3.00. The number of nitrogens with zero attached hydrogens (tertiary/aromatic N) is 1. The number of benzene rings is 2. The molecule has 0 spiro atoms. The van der Waals surface area contributed by atoms with Crippen molar-refractivity contribution in [3.63, 3.8) is 0 Å². The zero-order valence-corrected chi connectivity index (χ0v) is 17.7. The van der Waals surface area contributed by atoms with E-state index in [1.54, 1.807) is 19.3 Å². The number of aryl methyl sites for hydroxylation is 1. The van der Waals surface area contributed by atoms with Crippen molar-refractivity contribution in [1.82, 2.24) is 10.3 Å². The Balaban J connectivity index is 1.56. The average molecular weight is 430 g/mol. The molecule has 7 heteroatoms. The molecule has 31 heavy (non-hydrogen) atoms. The molecular weight excluding hydrogens is 412 g/mol. The van der Waals surface area contributed by atoms with E-state index in [0.29, 0.717) is 28.5 Å². The number of amides is 2. The Hall–Kier alpha value is -3.76. The van der Waals surface area contributed by atoms with Crippen LogP contribution in [-0.4, -0.2) is 23.2 Å². The number of methoxy groups -OCH3 is 1. The molecule has 6 nitrogen and oxygen atoms in total. The first-order valence-corrected chi connectivity index (χ1v) is 10.3. The van der Waals surface area contributed by atoms with E-state index in [4.69, 9.17) is 9.15 Å². The standard InChI is InChI=1S/C24H18N2O4S/c1-15-19(25-23(30-15)17-7-4-3-5-8-17)10-6-9-18-13-16(11-12-20(18)29-2)14-21-22(27)26-24(28)31-21/h3-5,7-8,11-14H,10H2,1-2H3,(H,26,27,28)/b21-14+. The summed E-state index contributed by atoms with van der Waals surface area (Å²) < 4.78 is 11.2. The maximum Gasteiger partial charge on any atom is 0.290 e. The van der Waals surface area contributed by atoms with Crippen LogP contribution in [0.4, 0.5) is 4.79 Å². The Bertz CT molecular complexity index is 1250. The smallest absolute Gasteiger partial charge is 0.290 e. The monoisotopic (exact) mass is 430 g/mol. The fraction of sp³-hybridized carbons (Fsp3) is 0.125. The fourth-order valence-corrected chi connectivity index (χ4v) is 3.69. The van der Waals surface area contributed by atoms with Gasteiger partial charge in [-0.05, 0) is 54.6 Å². The number of hydrogen-bond acceptors (Lipinski definition) is 6. The van der Waals surface area contributed by atoms with Gasteiger partial charge in [0.2, 0.25) is 5.89 Å². The molecule has 1 fully saturated rings. The van der Waals surface area contributed by atoms with Gasteiger partial charge < -0.3 is 9.15 Å². The second-order valence-electron chi connectivity index (χ2n) is 6.68. The van der Waals surface area contributed by atoms with Crippen molar-refractivity contribution in [1.29, 1.82) is 0 Å². The summed E-state index contributed by atoms with van der Waals surface area (Å²) in [4.78, 5) is 28.0. The topological polar surface area (TPSA) is 81.4 Å². The molecule has 2 aromatic carbocycles. The number of hydrogen-bond donors (Lipinski definition) is 1. The van der Waals surface area contributed by atoms with Crippen molar-refractivity contribution in [3.05, 3.63) is 76.0 Å². The third kappa shape index (κ3) is 4.71. The van der Waals surface area contributed by atoms with Crippen LogP contribution in [0.1, 0.15) is 22.6 Å². The van der Waals surface area contributed by atoms with E-state index >= 15 is 0 Å². The number of imide groups is 1. The van der Waals surface area contributed by atoms with Crippen molar-refractivity contribution in [2.24, 2.45) is 0 Å². The number of carbonyl (C=O) groups excluding carboxylic acids is 2. The minimum Gasteiger partial charge on any atom is -0.495 e. The largest absolute Gasteiger partial charge is 0.495 e. The zero-order valence-electron chi connectivity index (χ0n) is 16.9. The molecule has 0 unspecified atom stereocenters. The van der Waals surface area contributed by atoms with Crippen molar-refractivity contribution in [2.45, 2.75) is 13.3 Å². The van der Waals surface area contributed by atoms with Crippen molar-refractivity contribution in [2.75, 3.05) is 7.11 Å². The van der Waals surface area contributed by atoms with Crippen LogP contribution < -0.4 is 10.1 Å². The van der Waals surface area contributed by atoms with Gasteiger partial charge in [0, 0.05) is 5.56 Å². The number of oxazole rings is 1.